The highest BCUT2D eigenvalue weighted by atomic mass is 32.1. The second-order valence-electron chi connectivity index (χ2n) is 6.89. The molecule has 2 aromatic heterocycles. The molecule has 0 bridgehead atoms. The van der Waals surface area contributed by atoms with Gasteiger partial charge in [-0.1, -0.05) is 16.5 Å². The number of carbonyl (C=O) groups excluding carboxylic acids is 1. The first-order valence-electron chi connectivity index (χ1n) is 9.67. The number of hydrogen-bond donors (Lipinski definition) is 0. The monoisotopic (exact) mass is 432 g/mol. The van der Waals surface area contributed by atoms with Gasteiger partial charge in [-0.3, -0.25) is 14.6 Å². The minimum Gasteiger partial charge on any atom is -0.495 e. The molecule has 1 saturated heterocycles. The van der Waals surface area contributed by atoms with E-state index in [0.717, 1.165) is 17.8 Å². The van der Waals surface area contributed by atoms with Crippen molar-refractivity contribution in [3.05, 3.63) is 29.7 Å². The summed E-state index contributed by atoms with van der Waals surface area (Å²) in [7, 11) is 3.21. The number of carbonyl (C=O) groups is 1. The number of methoxy groups -OCH3 is 2. The Balaban J connectivity index is 1.69. The maximum Gasteiger partial charge on any atom is 0.298 e. The highest BCUT2D eigenvalue weighted by molar-refractivity contribution is 7.22. The number of aryl methyl sites for hydroxylation is 1. The molecule has 10 heteroatoms. The van der Waals surface area contributed by atoms with Crippen LogP contribution in [0.15, 0.2) is 22.7 Å². The fourth-order valence-corrected chi connectivity index (χ4v) is 4.44. The van der Waals surface area contributed by atoms with E-state index < -0.39 is 0 Å². The number of thiazole rings is 1. The normalized spacial score (nSPS) is 14.8. The van der Waals surface area contributed by atoms with Gasteiger partial charge in [0.25, 0.3) is 5.91 Å². The van der Waals surface area contributed by atoms with Gasteiger partial charge in [0.05, 0.1) is 33.1 Å². The average molecular weight is 433 g/mol. The van der Waals surface area contributed by atoms with Crippen molar-refractivity contribution in [3.63, 3.8) is 0 Å². The maximum atomic E-state index is 13.3. The highest BCUT2D eigenvalue weighted by Gasteiger charge is 2.27. The number of anilines is 1. The fourth-order valence-electron chi connectivity index (χ4n) is 3.34. The largest absolute Gasteiger partial charge is 0.495 e. The molecule has 0 aliphatic carbocycles. The highest BCUT2D eigenvalue weighted by Crippen LogP contribution is 2.40. The molecule has 160 valence electrons. The van der Waals surface area contributed by atoms with Crippen LogP contribution in [0.2, 0.25) is 0 Å². The Kier molecular flexibility index (Phi) is 6.16. The molecule has 30 heavy (non-hydrogen) atoms. The van der Waals surface area contributed by atoms with Crippen molar-refractivity contribution in [1.82, 2.24) is 15.0 Å². The predicted octanol–water partition coefficient (Wildman–Crippen LogP) is 2.59. The van der Waals surface area contributed by atoms with E-state index in [1.807, 2.05) is 12.1 Å². The molecule has 4 rings (SSSR count). The number of hydrogen-bond acceptors (Lipinski definition) is 9. The van der Waals surface area contributed by atoms with E-state index in [4.69, 9.17) is 23.7 Å². The lowest BCUT2D eigenvalue weighted by Crippen LogP contribution is -2.43. The standard InChI is InChI=1S/C20H24N4O5S/c1-13-12-16(29-22-13)19(25)24(7-6-23-8-10-28-11-9-23)20-21-17-14(26-2)4-5-15(27-3)18(17)30-20/h4-5,12H,6-11H2,1-3H3. The zero-order valence-corrected chi connectivity index (χ0v) is 18.0. The molecule has 0 N–H and O–H groups in total. The topological polar surface area (TPSA) is 90.2 Å². The second-order valence-corrected chi connectivity index (χ2v) is 7.87. The van der Waals surface area contributed by atoms with E-state index in [2.05, 4.69) is 10.1 Å². The van der Waals surface area contributed by atoms with E-state index >= 15 is 0 Å². The summed E-state index contributed by atoms with van der Waals surface area (Å²) >= 11 is 1.39. The number of aromatic nitrogens is 2. The summed E-state index contributed by atoms with van der Waals surface area (Å²) < 4.78 is 22.4. The molecule has 1 aromatic carbocycles. The van der Waals surface area contributed by atoms with Crippen LogP contribution in [-0.2, 0) is 4.74 Å². The Morgan fingerprint density at radius 2 is 1.97 bits per heavy atom. The van der Waals surface area contributed by atoms with Gasteiger partial charge in [-0.15, -0.1) is 0 Å². The summed E-state index contributed by atoms with van der Waals surface area (Å²) in [4.78, 5) is 21.9. The predicted molar refractivity (Wildman–Crippen MR) is 113 cm³/mol. The summed E-state index contributed by atoms with van der Waals surface area (Å²) in [5, 5.41) is 4.41. The van der Waals surface area contributed by atoms with Crippen LogP contribution in [0.25, 0.3) is 10.2 Å². The first-order chi connectivity index (χ1) is 14.6. The molecule has 3 heterocycles. The number of ether oxygens (including phenoxy) is 3. The van der Waals surface area contributed by atoms with E-state index in [-0.39, 0.29) is 11.7 Å². The molecule has 1 fully saturated rings. The Bertz CT molecular complexity index is 987. The van der Waals surface area contributed by atoms with Gasteiger partial charge in [-0.25, -0.2) is 4.98 Å². The molecular weight excluding hydrogens is 408 g/mol. The van der Waals surface area contributed by atoms with Crippen molar-refractivity contribution in [2.75, 3.05) is 58.5 Å². The maximum absolute atomic E-state index is 13.3. The van der Waals surface area contributed by atoms with Gasteiger partial charge in [0.2, 0.25) is 5.76 Å². The van der Waals surface area contributed by atoms with Crippen LogP contribution in [0.3, 0.4) is 0 Å². The van der Waals surface area contributed by atoms with Crippen molar-refractivity contribution < 1.29 is 23.5 Å². The molecule has 0 saturated carbocycles. The number of benzene rings is 1. The molecule has 1 amide bonds. The van der Waals surface area contributed by atoms with E-state index in [9.17, 15) is 4.79 Å². The van der Waals surface area contributed by atoms with Crippen LogP contribution in [0.1, 0.15) is 16.2 Å². The van der Waals surface area contributed by atoms with Crippen molar-refractivity contribution in [1.29, 1.82) is 0 Å². The van der Waals surface area contributed by atoms with E-state index in [1.165, 1.54) is 11.3 Å². The van der Waals surface area contributed by atoms with Crippen LogP contribution in [-0.4, -0.2) is 74.6 Å². The zero-order chi connectivity index (χ0) is 21.1. The van der Waals surface area contributed by atoms with Gasteiger partial charge < -0.3 is 18.7 Å². The van der Waals surface area contributed by atoms with Crippen molar-refractivity contribution in [3.8, 4) is 11.5 Å². The summed E-state index contributed by atoms with van der Waals surface area (Å²) in [6.45, 7) is 6.02. The first-order valence-corrected chi connectivity index (χ1v) is 10.5. The summed E-state index contributed by atoms with van der Waals surface area (Å²) in [5.74, 6) is 1.23. The summed E-state index contributed by atoms with van der Waals surface area (Å²) in [5.41, 5.74) is 1.31. The van der Waals surface area contributed by atoms with E-state index in [1.54, 1.807) is 32.1 Å². The third-order valence-electron chi connectivity index (χ3n) is 4.96. The van der Waals surface area contributed by atoms with Gasteiger partial charge in [0.1, 0.15) is 21.7 Å². The van der Waals surface area contributed by atoms with Crippen LogP contribution in [0.5, 0.6) is 11.5 Å². The zero-order valence-electron chi connectivity index (χ0n) is 17.2. The lowest BCUT2D eigenvalue weighted by molar-refractivity contribution is 0.0390. The molecule has 0 unspecified atom stereocenters. The molecule has 0 radical (unpaired) electrons. The number of rotatable bonds is 7. The van der Waals surface area contributed by atoms with Gasteiger partial charge in [0, 0.05) is 32.2 Å². The first kappa shape index (κ1) is 20.6. The Labute approximate surface area is 178 Å². The quantitative estimate of drug-likeness (QED) is 0.563. The lowest BCUT2D eigenvalue weighted by Gasteiger charge is -2.28. The van der Waals surface area contributed by atoms with Crippen LogP contribution in [0.4, 0.5) is 5.13 Å². The fraction of sp³-hybridized carbons (Fsp3) is 0.450. The molecule has 1 aliphatic heterocycles. The third kappa shape index (κ3) is 4.11. The van der Waals surface area contributed by atoms with Gasteiger partial charge in [-0.2, -0.15) is 0 Å². The molecule has 3 aromatic rings. The van der Waals surface area contributed by atoms with Gasteiger partial charge in [-0.05, 0) is 19.1 Å². The summed E-state index contributed by atoms with van der Waals surface area (Å²) in [6.07, 6.45) is 0. The van der Waals surface area contributed by atoms with Crippen LogP contribution < -0.4 is 14.4 Å². The van der Waals surface area contributed by atoms with E-state index in [0.29, 0.717) is 54.1 Å². The lowest BCUT2D eigenvalue weighted by atomic mass is 10.3. The molecular formula is C20H24N4O5S. The molecule has 9 nitrogen and oxygen atoms in total. The van der Waals surface area contributed by atoms with Gasteiger partial charge in [0.15, 0.2) is 5.13 Å². The van der Waals surface area contributed by atoms with Crippen molar-refractivity contribution in [2.24, 2.45) is 0 Å². The SMILES string of the molecule is COc1ccc(OC)c2sc(N(CCN3CCOCC3)C(=O)c3cc(C)no3)nc12. The Morgan fingerprint density at radius 3 is 2.63 bits per heavy atom. The van der Waals surface area contributed by atoms with Crippen molar-refractivity contribution >= 4 is 32.6 Å². The van der Waals surface area contributed by atoms with Crippen molar-refractivity contribution in [2.45, 2.75) is 6.92 Å². The molecule has 1 aliphatic rings. The number of nitrogens with zero attached hydrogens (tertiary/aromatic N) is 4. The molecule has 0 atom stereocenters. The number of amides is 1. The Morgan fingerprint density at radius 1 is 1.23 bits per heavy atom. The number of fused-ring (bicyclic) bond motifs is 1. The molecule has 0 spiro atoms. The van der Waals surface area contributed by atoms with Crippen LogP contribution >= 0.6 is 11.3 Å². The number of morpholine rings is 1. The minimum absolute atomic E-state index is 0.188. The smallest absolute Gasteiger partial charge is 0.298 e. The Hall–Kier alpha value is -2.69. The summed E-state index contributed by atoms with van der Waals surface area (Å²) in [6, 6.07) is 5.28. The minimum atomic E-state index is -0.277. The van der Waals surface area contributed by atoms with Gasteiger partial charge >= 0.3 is 0 Å². The third-order valence-corrected chi connectivity index (χ3v) is 6.05. The van der Waals surface area contributed by atoms with Crippen LogP contribution in [0, 0.1) is 6.92 Å². The average Bonchev–Trinajstić information content (AvgIpc) is 3.40. The second kappa shape index (κ2) is 8.99.